The molecule has 5 N–H and O–H groups in total. The molecule has 4 heterocycles. The van der Waals surface area contributed by atoms with Crippen molar-refractivity contribution in [3.8, 4) is 11.3 Å². The van der Waals surface area contributed by atoms with Gasteiger partial charge in [0.15, 0.2) is 17.3 Å². The van der Waals surface area contributed by atoms with E-state index in [9.17, 15) is 9.18 Å². The fourth-order valence-electron chi connectivity index (χ4n) is 4.29. The smallest absolute Gasteiger partial charge is 0.290 e. The third kappa shape index (κ3) is 5.67. The van der Waals surface area contributed by atoms with Crippen LogP contribution in [0, 0.1) is 0 Å². The molecular formula is C25H28FN9O3. The number of halogens is 1. The summed E-state index contributed by atoms with van der Waals surface area (Å²) in [4.78, 5) is 40.7. The first-order valence-electron chi connectivity index (χ1n) is 11.8. The first kappa shape index (κ1) is 26.4. The maximum absolute atomic E-state index is 13.4. The predicted octanol–water partition coefficient (Wildman–Crippen LogP) is 2.55. The summed E-state index contributed by atoms with van der Waals surface area (Å²) in [5.74, 6) is -0.0281. The van der Waals surface area contributed by atoms with Crippen LogP contribution in [0.1, 0.15) is 22.5 Å². The van der Waals surface area contributed by atoms with E-state index in [4.69, 9.17) is 15.6 Å². The van der Waals surface area contributed by atoms with E-state index >= 15 is 0 Å². The van der Waals surface area contributed by atoms with Crippen molar-refractivity contribution in [3.63, 3.8) is 0 Å². The summed E-state index contributed by atoms with van der Waals surface area (Å²) in [6, 6.07) is 7.70. The van der Waals surface area contributed by atoms with Gasteiger partial charge in [-0.15, -0.1) is 0 Å². The van der Waals surface area contributed by atoms with Gasteiger partial charge in [-0.05, 0) is 24.1 Å². The number of nitrogens with one attached hydrogen (secondary N) is 2. The van der Waals surface area contributed by atoms with Crippen LogP contribution in [0.5, 0.6) is 0 Å². The van der Waals surface area contributed by atoms with E-state index in [-0.39, 0.29) is 18.0 Å². The molecule has 1 atom stereocenters. The molecule has 0 unspecified atom stereocenters. The molecule has 1 aromatic carbocycles. The molecule has 38 heavy (non-hydrogen) atoms. The number of benzene rings is 1. The highest BCUT2D eigenvalue weighted by Crippen LogP contribution is 2.32. The minimum atomic E-state index is -0.744. The number of hydrogen-bond donors (Lipinski definition) is 4. The lowest BCUT2D eigenvalue weighted by Crippen LogP contribution is -2.20. The number of pyridine rings is 1. The molecule has 1 aliphatic rings. The molecule has 0 saturated carbocycles. The maximum atomic E-state index is 13.4. The van der Waals surface area contributed by atoms with Crippen molar-refractivity contribution in [2.45, 2.75) is 19.1 Å². The summed E-state index contributed by atoms with van der Waals surface area (Å²) in [5.41, 5.74) is 10.1. The zero-order valence-corrected chi connectivity index (χ0v) is 20.9. The van der Waals surface area contributed by atoms with E-state index in [2.05, 4.69) is 35.5 Å². The topological polar surface area (TPSA) is 164 Å². The molecule has 0 bridgehead atoms. The van der Waals surface area contributed by atoms with Gasteiger partial charge in [0.1, 0.15) is 17.4 Å². The Morgan fingerprint density at radius 1 is 1.24 bits per heavy atom. The highest BCUT2D eigenvalue weighted by molar-refractivity contribution is 5.99. The standard InChI is InChI=1S/C24H26FN9O.CH2O2/c1-27-23-20(17-9-28-10-18-19(17)29-13-33(18)2)31-21(22(26)35)24(32-23)30-16-5-3-14(4-6-16)11-34-8-7-15(25)12-34;2-1-3/h3-6,9-10,13,15H,7-8,11-12H2,1-2H3,(H2,26,35)(H2,27,30,32);1H,(H,2,3)/t15-;/m0./s1. The lowest BCUT2D eigenvalue weighted by atomic mass is 10.1. The van der Waals surface area contributed by atoms with Crippen molar-refractivity contribution in [3.05, 3.63) is 54.2 Å². The van der Waals surface area contributed by atoms with Crippen molar-refractivity contribution < 1.29 is 19.1 Å². The van der Waals surface area contributed by atoms with Crippen molar-refractivity contribution in [2.75, 3.05) is 30.8 Å². The van der Waals surface area contributed by atoms with Crippen LogP contribution < -0.4 is 16.4 Å². The van der Waals surface area contributed by atoms with Crippen molar-refractivity contribution in [1.29, 1.82) is 0 Å². The molecule has 0 radical (unpaired) electrons. The number of nitrogens with two attached hydrogens (primary N) is 1. The Kier molecular flexibility index (Phi) is 8.06. The van der Waals surface area contributed by atoms with Crippen molar-refractivity contribution >= 4 is 40.7 Å². The lowest BCUT2D eigenvalue weighted by molar-refractivity contribution is -0.122. The highest BCUT2D eigenvalue weighted by atomic mass is 19.1. The zero-order chi connectivity index (χ0) is 27.2. The number of imidazole rings is 1. The van der Waals surface area contributed by atoms with E-state index in [0.717, 1.165) is 23.3 Å². The average Bonchev–Trinajstić information content (AvgIpc) is 3.50. The van der Waals surface area contributed by atoms with Gasteiger partial charge in [-0.2, -0.15) is 0 Å². The number of fused-ring (bicyclic) bond motifs is 1. The molecule has 198 valence electrons. The molecule has 1 aliphatic heterocycles. The second kappa shape index (κ2) is 11.6. The Balaban J connectivity index is 0.00000107. The van der Waals surface area contributed by atoms with Crippen LogP contribution in [0.15, 0.2) is 43.0 Å². The van der Waals surface area contributed by atoms with E-state index in [1.165, 1.54) is 0 Å². The summed E-state index contributed by atoms with van der Waals surface area (Å²) >= 11 is 0. The van der Waals surface area contributed by atoms with Gasteiger partial charge in [-0.25, -0.2) is 19.3 Å². The monoisotopic (exact) mass is 521 g/mol. The molecule has 12 nitrogen and oxygen atoms in total. The van der Waals surface area contributed by atoms with Gasteiger partial charge in [0, 0.05) is 45.6 Å². The third-order valence-electron chi connectivity index (χ3n) is 6.10. The second-order valence-corrected chi connectivity index (χ2v) is 8.69. The number of aryl methyl sites for hydroxylation is 1. The molecule has 1 fully saturated rings. The summed E-state index contributed by atoms with van der Waals surface area (Å²) in [5, 5.41) is 13.1. The number of likely N-dealkylation sites (tertiary alicyclic amines) is 1. The van der Waals surface area contributed by atoms with Gasteiger partial charge in [-0.1, -0.05) is 12.1 Å². The molecule has 1 saturated heterocycles. The number of carbonyl (C=O) groups excluding carboxylic acids is 1. The van der Waals surface area contributed by atoms with Crippen LogP contribution in [-0.2, 0) is 18.4 Å². The van der Waals surface area contributed by atoms with Crippen LogP contribution in [-0.4, -0.2) is 73.2 Å². The SMILES string of the molecule is CNc1nc(Nc2ccc(CN3CC[C@H](F)C3)cc2)c(C(N)=O)nc1-c1cncc2c1ncn2C.O=CO. The first-order valence-corrected chi connectivity index (χ1v) is 11.8. The number of rotatable bonds is 7. The van der Waals surface area contributed by atoms with E-state index < -0.39 is 12.1 Å². The minimum Gasteiger partial charge on any atom is -0.483 e. The van der Waals surface area contributed by atoms with Gasteiger partial charge in [-0.3, -0.25) is 19.5 Å². The largest absolute Gasteiger partial charge is 0.483 e. The van der Waals surface area contributed by atoms with Gasteiger partial charge >= 0.3 is 0 Å². The normalized spacial score (nSPS) is 15.1. The molecule has 0 spiro atoms. The summed E-state index contributed by atoms with van der Waals surface area (Å²) in [7, 11) is 3.60. The van der Waals surface area contributed by atoms with E-state index in [1.54, 1.807) is 25.8 Å². The number of nitrogens with zero attached hydrogens (tertiary/aromatic N) is 6. The zero-order valence-electron chi connectivity index (χ0n) is 20.9. The summed E-state index contributed by atoms with van der Waals surface area (Å²) in [6.45, 7) is 1.68. The Bertz CT molecular complexity index is 1440. The van der Waals surface area contributed by atoms with Crippen LogP contribution in [0.4, 0.5) is 21.7 Å². The number of anilines is 3. The molecular weight excluding hydrogens is 493 g/mol. The van der Waals surface area contributed by atoms with E-state index in [1.807, 2.05) is 35.9 Å². The Morgan fingerprint density at radius 3 is 2.61 bits per heavy atom. The Hall–Kier alpha value is -4.65. The number of primary amides is 1. The molecule has 5 rings (SSSR count). The fraction of sp³-hybridized carbons (Fsp3) is 0.280. The van der Waals surface area contributed by atoms with Crippen LogP contribution in [0.3, 0.4) is 0 Å². The van der Waals surface area contributed by atoms with Gasteiger partial charge in [0.25, 0.3) is 12.4 Å². The Labute approximate surface area is 217 Å². The number of alkyl halides is 1. The van der Waals surface area contributed by atoms with Crippen LogP contribution >= 0.6 is 0 Å². The van der Waals surface area contributed by atoms with E-state index in [0.29, 0.717) is 42.1 Å². The van der Waals surface area contributed by atoms with Crippen molar-refractivity contribution in [1.82, 2.24) is 29.4 Å². The molecule has 13 heteroatoms. The third-order valence-corrected chi connectivity index (χ3v) is 6.10. The highest BCUT2D eigenvalue weighted by Gasteiger charge is 2.22. The van der Waals surface area contributed by atoms with Gasteiger partial charge in [0.05, 0.1) is 23.6 Å². The minimum absolute atomic E-state index is 0.00191. The van der Waals surface area contributed by atoms with Gasteiger partial charge < -0.3 is 26.0 Å². The molecule has 1 amide bonds. The first-order chi connectivity index (χ1) is 18.3. The maximum Gasteiger partial charge on any atom is 0.290 e. The molecule has 3 aromatic heterocycles. The average molecular weight is 522 g/mol. The fourth-order valence-corrected chi connectivity index (χ4v) is 4.29. The Morgan fingerprint density at radius 2 is 1.97 bits per heavy atom. The van der Waals surface area contributed by atoms with Crippen LogP contribution in [0.25, 0.3) is 22.3 Å². The van der Waals surface area contributed by atoms with Crippen molar-refractivity contribution in [2.24, 2.45) is 12.8 Å². The number of carboxylic acid groups (broad SMARTS) is 1. The number of amides is 1. The van der Waals surface area contributed by atoms with Crippen LogP contribution in [0.2, 0.25) is 0 Å². The number of carbonyl (C=O) groups is 2. The quantitative estimate of drug-likeness (QED) is 0.266. The van der Waals surface area contributed by atoms with Gasteiger partial charge in [0.2, 0.25) is 0 Å². The molecule has 4 aromatic rings. The molecule has 0 aliphatic carbocycles. The second-order valence-electron chi connectivity index (χ2n) is 8.69. The summed E-state index contributed by atoms with van der Waals surface area (Å²) < 4.78 is 15.3. The lowest BCUT2D eigenvalue weighted by Gasteiger charge is -2.16. The number of aromatic nitrogens is 5. The number of hydrogen-bond acceptors (Lipinski definition) is 9. The summed E-state index contributed by atoms with van der Waals surface area (Å²) in [6.07, 6.45) is 4.89. The predicted molar refractivity (Wildman–Crippen MR) is 141 cm³/mol.